The summed E-state index contributed by atoms with van der Waals surface area (Å²) in [4.78, 5) is 14.5. The number of nitrogens with zero attached hydrogens (tertiary/aromatic N) is 1. The number of hydrogen-bond donors (Lipinski definition) is 0. The van der Waals surface area contributed by atoms with Crippen molar-refractivity contribution in [1.82, 2.24) is 0 Å². The van der Waals surface area contributed by atoms with E-state index in [1.165, 1.54) is 17.7 Å². The highest BCUT2D eigenvalue weighted by molar-refractivity contribution is 9.10. The first-order valence-electron chi connectivity index (χ1n) is 5.78. The van der Waals surface area contributed by atoms with Gasteiger partial charge >= 0.3 is 0 Å². The standard InChI is InChI=1S/C13H14BrNO/c1-8-7-15-4-2-3-9-5-10(14)6-11(12(9)15)13(8)16/h5-6,8H,2-4,7H2,1H3/t8-/m1/s1. The van der Waals surface area contributed by atoms with E-state index in [0.29, 0.717) is 5.78 Å². The Hall–Kier alpha value is -0.830. The van der Waals surface area contributed by atoms with Crippen LogP contribution in [-0.2, 0) is 6.42 Å². The smallest absolute Gasteiger partial charge is 0.169 e. The maximum atomic E-state index is 12.2. The third-order valence-electron chi connectivity index (χ3n) is 3.55. The van der Waals surface area contributed by atoms with Crippen LogP contribution in [-0.4, -0.2) is 18.9 Å². The van der Waals surface area contributed by atoms with Gasteiger partial charge in [-0.1, -0.05) is 22.9 Å². The number of ketones is 1. The molecule has 3 rings (SSSR count). The van der Waals surface area contributed by atoms with Gasteiger partial charge in [-0.05, 0) is 30.5 Å². The van der Waals surface area contributed by atoms with Crippen LogP contribution in [0.5, 0.6) is 0 Å². The molecule has 1 aromatic rings. The maximum Gasteiger partial charge on any atom is 0.169 e. The van der Waals surface area contributed by atoms with Gasteiger partial charge in [-0.25, -0.2) is 0 Å². The van der Waals surface area contributed by atoms with Gasteiger partial charge in [0.05, 0.1) is 5.69 Å². The first kappa shape index (κ1) is 10.3. The molecule has 2 nitrogen and oxygen atoms in total. The average molecular weight is 280 g/mol. The lowest BCUT2D eigenvalue weighted by Gasteiger charge is -2.38. The lowest BCUT2D eigenvalue weighted by molar-refractivity contribution is 0.0925. The van der Waals surface area contributed by atoms with Crippen LogP contribution in [0.1, 0.15) is 29.3 Å². The van der Waals surface area contributed by atoms with Crippen LogP contribution in [0, 0.1) is 5.92 Å². The van der Waals surface area contributed by atoms with Crippen molar-refractivity contribution in [2.45, 2.75) is 19.8 Å². The zero-order valence-electron chi connectivity index (χ0n) is 9.29. The topological polar surface area (TPSA) is 20.3 Å². The van der Waals surface area contributed by atoms with E-state index < -0.39 is 0 Å². The van der Waals surface area contributed by atoms with Crippen LogP contribution in [0.3, 0.4) is 0 Å². The first-order valence-corrected chi connectivity index (χ1v) is 6.57. The molecule has 16 heavy (non-hydrogen) atoms. The summed E-state index contributed by atoms with van der Waals surface area (Å²) in [6.07, 6.45) is 2.30. The summed E-state index contributed by atoms with van der Waals surface area (Å²) in [5.74, 6) is 0.434. The molecule has 0 amide bonds. The molecule has 2 heterocycles. The van der Waals surface area contributed by atoms with Crippen LogP contribution in [0.25, 0.3) is 0 Å². The van der Waals surface area contributed by atoms with Crippen LogP contribution in [0.4, 0.5) is 5.69 Å². The number of carbonyl (C=O) groups is 1. The van der Waals surface area contributed by atoms with Gasteiger partial charge in [0.25, 0.3) is 0 Å². The first-order chi connectivity index (χ1) is 7.66. The summed E-state index contributed by atoms with van der Waals surface area (Å²) < 4.78 is 1.03. The van der Waals surface area contributed by atoms with Gasteiger partial charge in [-0.3, -0.25) is 4.79 Å². The molecule has 1 atom stereocenters. The third-order valence-corrected chi connectivity index (χ3v) is 4.01. The second-order valence-corrected chi connectivity index (χ2v) is 5.69. The molecule has 0 aromatic heterocycles. The Morgan fingerprint density at radius 3 is 3.06 bits per heavy atom. The van der Waals surface area contributed by atoms with Crippen LogP contribution in [0.2, 0.25) is 0 Å². The van der Waals surface area contributed by atoms with Crippen molar-refractivity contribution >= 4 is 27.4 Å². The van der Waals surface area contributed by atoms with E-state index in [-0.39, 0.29) is 5.92 Å². The Labute approximate surface area is 104 Å². The number of halogens is 1. The molecule has 2 aliphatic heterocycles. The second kappa shape index (κ2) is 3.59. The number of carbonyl (C=O) groups excluding carboxylic acids is 1. The van der Waals surface area contributed by atoms with Gasteiger partial charge in [0.2, 0.25) is 0 Å². The van der Waals surface area contributed by atoms with Crippen molar-refractivity contribution in [3.05, 3.63) is 27.7 Å². The summed E-state index contributed by atoms with van der Waals surface area (Å²) >= 11 is 3.50. The van der Waals surface area contributed by atoms with Crippen molar-refractivity contribution in [3.63, 3.8) is 0 Å². The van der Waals surface area contributed by atoms with Crippen molar-refractivity contribution < 1.29 is 4.79 Å². The summed E-state index contributed by atoms with van der Waals surface area (Å²) in [5, 5.41) is 0. The average Bonchev–Trinajstić information content (AvgIpc) is 2.25. The number of benzene rings is 1. The van der Waals surface area contributed by atoms with Crippen LogP contribution < -0.4 is 4.90 Å². The fraction of sp³-hybridized carbons (Fsp3) is 0.462. The third kappa shape index (κ3) is 1.41. The molecule has 0 bridgehead atoms. The molecule has 0 N–H and O–H groups in total. The summed E-state index contributed by atoms with van der Waals surface area (Å²) in [5.41, 5.74) is 3.45. The quantitative estimate of drug-likeness (QED) is 0.728. The number of anilines is 1. The Balaban J connectivity index is 2.24. The van der Waals surface area contributed by atoms with Crippen LogP contribution >= 0.6 is 15.9 Å². The lowest BCUT2D eigenvalue weighted by atomic mass is 9.87. The van der Waals surface area contributed by atoms with Gasteiger partial charge in [0.15, 0.2) is 5.78 Å². The van der Waals surface area contributed by atoms with E-state index in [0.717, 1.165) is 29.5 Å². The van der Waals surface area contributed by atoms with E-state index in [2.05, 4.69) is 26.9 Å². The molecule has 0 unspecified atom stereocenters. The van der Waals surface area contributed by atoms with Gasteiger partial charge < -0.3 is 4.90 Å². The Kier molecular flexibility index (Phi) is 2.32. The molecule has 0 aliphatic carbocycles. The van der Waals surface area contributed by atoms with E-state index in [1.54, 1.807) is 0 Å². The normalized spacial score (nSPS) is 23.2. The summed E-state index contributed by atoms with van der Waals surface area (Å²) in [7, 11) is 0. The zero-order chi connectivity index (χ0) is 11.3. The predicted octanol–water partition coefficient (Wildman–Crippen LogP) is 3.03. The van der Waals surface area contributed by atoms with Crippen molar-refractivity contribution in [3.8, 4) is 0 Å². The maximum absolute atomic E-state index is 12.2. The zero-order valence-corrected chi connectivity index (χ0v) is 10.9. The monoisotopic (exact) mass is 279 g/mol. The van der Waals surface area contributed by atoms with E-state index in [4.69, 9.17) is 0 Å². The minimum absolute atomic E-state index is 0.132. The Morgan fingerprint density at radius 1 is 1.44 bits per heavy atom. The summed E-state index contributed by atoms with van der Waals surface area (Å²) in [6, 6.07) is 4.14. The summed E-state index contributed by atoms with van der Waals surface area (Å²) in [6.45, 7) is 4.01. The molecule has 84 valence electrons. The number of rotatable bonds is 0. The number of Topliss-reactive ketones (excluding diaryl/α,β-unsaturated/α-hetero) is 1. The van der Waals surface area contributed by atoms with Crippen LogP contribution in [0.15, 0.2) is 16.6 Å². The Morgan fingerprint density at radius 2 is 2.25 bits per heavy atom. The minimum Gasteiger partial charge on any atom is -0.370 e. The van der Waals surface area contributed by atoms with Gasteiger partial charge in [-0.2, -0.15) is 0 Å². The highest BCUT2D eigenvalue weighted by Gasteiger charge is 2.32. The van der Waals surface area contributed by atoms with Crippen molar-refractivity contribution in [2.75, 3.05) is 18.0 Å². The molecule has 0 radical (unpaired) electrons. The number of hydrogen-bond acceptors (Lipinski definition) is 2. The lowest BCUT2D eigenvalue weighted by Crippen LogP contribution is -2.41. The number of aryl methyl sites for hydroxylation is 1. The van der Waals surface area contributed by atoms with Crippen molar-refractivity contribution in [1.29, 1.82) is 0 Å². The SMILES string of the molecule is C[C@@H]1CN2CCCc3cc(Br)cc(c32)C1=O. The molecule has 0 saturated heterocycles. The largest absolute Gasteiger partial charge is 0.370 e. The molecule has 0 saturated carbocycles. The van der Waals surface area contributed by atoms with Gasteiger partial charge in [0, 0.05) is 29.0 Å². The minimum atomic E-state index is 0.132. The molecule has 0 fully saturated rings. The molecule has 0 spiro atoms. The molecule has 1 aromatic carbocycles. The fourth-order valence-electron chi connectivity index (χ4n) is 2.84. The van der Waals surface area contributed by atoms with E-state index in [1.807, 2.05) is 13.0 Å². The molecule has 3 heteroatoms. The highest BCUT2D eigenvalue weighted by Crippen LogP contribution is 2.38. The van der Waals surface area contributed by atoms with Gasteiger partial charge in [-0.15, -0.1) is 0 Å². The molecule has 2 aliphatic rings. The highest BCUT2D eigenvalue weighted by atomic mass is 79.9. The molecular weight excluding hydrogens is 266 g/mol. The second-order valence-electron chi connectivity index (χ2n) is 4.78. The van der Waals surface area contributed by atoms with Gasteiger partial charge in [0.1, 0.15) is 0 Å². The fourth-order valence-corrected chi connectivity index (χ4v) is 3.35. The Bertz CT molecular complexity index is 469. The van der Waals surface area contributed by atoms with E-state index >= 15 is 0 Å². The van der Waals surface area contributed by atoms with Crippen molar-refractivity contribution in [2.24, 2.45) is 5.92 Å². The molecular formula is C13H14BrNO. The predicted molar refractivity (Wildman–Crippen MR) is 68.2 cm³/mol. The van der Waals surface area contributed by atoms with E-state index in [9.17, 15) is 4.79 Å².